The lowest BCUT2D eigenvalue weighted by Gasteiger charge is -2.14. The van der Waals surface area contributed by atoms with Crippen molar-refractivity contribution in [3.8, 4) is 6.07 Å². The molecule has 0 aliphatic rings. The van der Waals surface area contributed by atoms with Gasteiger partial charge in [0.2, 0.25) is 0 Å². The van der Waals surface area contributed by atoms with E-state index in [0.717, 1.165) is 12.8 Å². The second-order valence-electron chi connectivity index (χ2n) is 4.49. The van der Waals surface area contributed by atoms with E-state index in [4.69, 9.17) is 15.9 Å². The highest BCUT2D eigenvalue weighted by atomic mass is 35.7. The largest absolute Gasteiger partial charge is 0.336 e. The fraction of sp³-hybridized carbons (Fsp3) is 0.600. The number of aromatic nitrogens is 2. The van der Waals surface area contributed by atoms with Crippen LogP contribution in [0.5, 0.6) is 0 Å². The Morgan fingerprint density at radius 1 is 1.59 bits per heavy atom. The van der Waals surface area contributed by atoms with E-state index in [-0.39, 0.29) is 10.4 Å². The van der Waals surface area contributed by atoms with Crippen LogP contribution in [-0.4, -0.2) is 18.0 Å². The molecule has 0 atom stereocenters. The molecule has 0 saturated heterocycles. The number of halogens is 1. The maximum atomic E-state index is 11.0. The first-order chi connectivity index (χ1) is 7.74. The van der Waals surface area contributed by atoms with E-state index in [2.05, 4.69) is 11.1 Å². The fourth-order valence-electron chi connectivity index (χ4n) is 1.35. The molecule has 0 N–H and O–H groups in total. The van der Waals surface area contributed by atoms with E-state index in [1.54, 1.807) is 4.57 Å². The van der Waals surface area contributed by atoms with E-state index in [1.165, 1.54) is 12.5 Å². The summed E-state index contributed by atoms with van der Waals surface area (Å²) in [7, 11) is 1.40. The molecular weight excluding hydrogens is 262 g/mol. The van der Waals surface area contributed by atoms with Crippen LogP contribution in [0.4, 0.5) is 0 Å². The van der Waals surface area contributed by atoms with Gasteiger partial charge in [-0.1, -0.05) is 0 Å². The van der Waals surface area contributed by atoms with Gasteiger partial charge in [0.25, 0.3) is 9.05 Å². The van der Waals surface area contributed by atoms with E-state index >= 15 is 0 Å². The third-order valence-corrected chi connectivity index (χ3v) is 3.56. The summed E-state index contributed by atoms with van der Waals surface area (Å²) in [5, 5.41) is 8.70. The minimum Gasteiger partial charge on any atom is -0.336 e. The van der Waals surface area contributed by atoms with Crippen molar-refractivity contribution in [3.63, 3.8) is 0 Å². The molecule has 0 amide bonds. The second kappa shape index (κ2) is 5.07. The minimum absolute atomic E-state index is 0.140. The fourth-order valence-corrected chi connectivity index (χ4v) is 2.02. The molecule has 5 nitrogen and oxygen atoms in total. The summed E-state index contributed by atoms with van der Waals surface area (Å²) in [5.74, 6) is 0. The van der Waals surface area contributed by atoms with Crippen LogP contribution in [0.3, 0.4) is 0 Å². The molecule has 94 valence electrons. The van der Waals surface area contributed by atoms with Crippen LogP contribution in [0.2, 0.25) is 0 Å². The molecule has 7 heteroatoms. The van der Waals surface area contributed by atoms with Crippen LogP contribution in [0, 0.1) is 16.7 Å². The summed E-state index contributed by atoms with van der Waals surface area (Å²) in [5.41, 5.74) is -0.359. The van der Waals surface area contributed by atoms with Gasteiger partial charge in [0.1, 0.15) is 0 Å². The highest BCUT2D eigenvalue weighted by Gasteiger charge is 2.16. The SMILES string of the molecule is CC(C)(C#N)CCCn1cnc(S(=O)(=O)Cl)c1. The van der Waals surface area contributed by atoms with Crippen molar-refractivity contribution in [2.24, 2.45) is 5.41 Å². The zero-order valence-corrected chi connectivity index (χ0v) is 11.3. The molecule has 0 fully saturated rings. The molecule has 1 aromatic heterocycles. The van der Waals surface area contributed by atoms with Gasteiger partial charge in [-0.2, -0.15) is 5.26 Å². The van der Waals surface area contributed by atoms with Crippen molar-refractivity contribution in [1.82, 2.24) is 9.55 Å². The van der Waals surface area contributed by atoms with Gasteiger partial charge in [-0.05, 0) is 26.7 Å². The Bertz CT molecular complexity index is 528. The molecule has 0 unspecified atom stereocenters. The summed E-state index contributed by atoms with van der Waals surface area (Å²) in [6, 6.07) is 2.22. The number of imidazole rings is 1. The maximum absolute atomic E-state index is 11.0. The number of hydrogen-bond donors (Lipinski definition) is 0. The Morgan fingerprint density at radius 2 is 2.24 bits per heavy atom. The number of nitrogens with zero attached hydrogens (tertiary/aromatic N) is 3. The summed E-state index contributed by atoms with van der Waals surface area (Å²) >= 11 is 0. The molecule has 17 heavy (non-hydrogen) atoms. The van der Waals surface area contributed by atoms with Gasteiger partial charge in [-0.15, -0.1) is 0 Å². The van der Waals surface area contributed by atoms with Crippen LogP contribution < -0.4 is 0 Å². The molecule has 0 spiro atoms. The molecule has 0 aliphatic carbocycles. The highest BCUT2D eigenvalue weighted by molar-refractivity contribution is 8.13. The molecular formula is C10H14ClN3O2S. The van der Waals surface area contributed by atoms with Crippen LogP contribution in [0.15, 0.2) is 17.6 Å². The molecule has 1 heterocycles. The summed E-state index contributed by atoms with van der Waals surface area (Å²) < 4.78 is 23.6. The molecule has 0 aromatic carbocycles. The number of hydrogen-bond acceptors (Lipinski definition) is 4. The van der Waals surface area contributed by atoms with E-state index in [1.807, 2.05) is 13.8 Å². The van der Waals surface area contributed by atoms with E-state index in [9.17, 15) is 8.42 Å². The Hall–Kier alpha value is -1.06. The topological polar surface area (TPSA) is 75.8 Å². The van der Waals surface area contributed by atoms with E-state index in [0.29, 0.717) is 6.54 Å². The van der Waals surface area contributed by atoms with E-state index < -0.39 is 9.05 Å². The number of aryl methyl sites for hydroxylation is 1. The van der Waals surface area contributed by atoms with Gasteiger partial charge >= 0.3 is 0 Å². The van der Waals surface area contributed by atoms with Gasteiger partial charge in [0.05, 0.1) is 17.8 Å². The molecule has 1 aromatic rings. The molecule has 0 radical (unpaired) electrons. The molecule has 0 saturated carbocycles. The first-order valence-corrected chi connectivity index (χ1v) is 7.43. The predicted molar refractivity (Wildman–Crippen MR) is 63.9 cm³/mol. The standard InChI is InChI=1S/C10H14ClN3O2S/c1-10(2,7-12)4-3-5-14-6-9(13-8-14)17(11,15)16/h6,8H,3-5H2,1-2H3. The Balaban J connectivity index is 2.55. The lowest BCUT2D eigenvalue weighted by atomic mass is 9.90. The zero-order chi connectivity index (χ0) is 13.1. The van der Waals surface area contributed by atoms with Gasteiger partial charge in [-0.25, -0.2) is 13.4 Å². The first kappa shape index (κ1) is 14.0. The molecule has 1 rings (SSSR count). The van der Waals surface area contributed by atoms with Crippen molar-refractivity contribution in [3.05, 3.63) is 12.5 Å². The van der Waals surface area contributed by atoms with Crippen LogP contribution in [0.25, 0.3) is 0 Å². The van der Waals surface area contributed by atoms with Gasteiger partial charge in [-0.3, -0.25) is 0 Å². The third kappa shape index (κ3) is 4.36. The van der Waals surface area contributed by atoms with Crippen molar-refractivity contribution < 1.29 is 8.42 Å². The lowest BCUT2D eigenvalue weighted by Crippen LogP contribution is -2.09. The predicted octanol–water partition coefficient (Wildman–Crippen LogP) is 2.14. The van der Waals surface area contributed by atoms with Gasteiger partial charge in [0.15, 0.2) is 5.03 Å². The number of nitriles is 1. The normalized spacial score (nSPS) is 12.4. The summed E-state index contributed by atoms with van der Waals surface area (Å²) in [6.45, 7) is 4.36. The van der Waals surface area contributed by atoms with Crippen molar-refractivity contribution in [2.75, 3.05) is 0 Å². The zero-order valence-electron chi connectivity index (χ0n) is 9.72. The Morgan fingerprint density at radius 3 is 2.71 bits per heavy atom. The van der Waals surface area contributed by atoms with Crippen LogP contribution >= 0.6 is 10.7 Å². The minimum atomic E-state index is -3.75. The summed E-state index contributed by atoms with van der Waals surface area (Å²) in [4.78, 5) is 3.70. The average molecular weight is 276 g/mol. The van der Waals surface area contributed by atoms with Gasteiger partial charge < -0.3 is 4.57 Å². The van der Waals surface area contributed by atoms with Crippen molar-refractivity contribution >= 4 is 19.7 Å². The Kier molecular flexibility index (Phi) is 4.17. The van der Waals surface area contributed by atoms with Crippen LogP contribution in [0.1, 0.15) is 26.7 Å². The Labute approximate surface area is 105 Å². The monoisotopic (exact) mass is 275 g/mol. The lowest BCUT2D eigenvalue weighted by molar-refractivity contribution is 0.415. The summed E-state index contributed by atoms with van der Waals surface area (Å²) in [6.07, 6.45) is 4.33. The maximum Gasteiger partial charge on any atom is 0.280 e. The quantitative estimate of drug-likeness (QED) is 0.772. The number of rotatable bonds is 5. The molecule has 0 aliphatic heterocycles. The molecule has 0 bridgehead atoms. The first-order valence-electron chi connectivity index (χ1n) is 5.12. The second-order valence-corrected chi connectivity index (χ2v) is 7.00. The van der Waals surface area contributed by atoms with Crippen molar-refractivity contribution in [1.29, 1.82) is 5.26 Å². The van der Waals surface area contributed by atoms with Gasteiger partial charge in [0, 0.05) is 23.4 Å². The highest BCUT2D eigenvalue weighted by Crippen LogP contribution is 2.21. The third-order valence-electron chi connectivity index (χ3n) is 2.38. The average Bonchev–Trinajstić information content (AvgIpc) is 2.66. The van der Waals surface area contributed by atoms with Crippen LogP contribution in [-0.2, 0) is 15.6 Å². The smallest absolute Gasteiger partial charge is 0.280 e. The van der Waals surface area contributed by atoms with Crippen molar-refractivity contribution in [2.45, 2.75) is 38.3 Å².